The molecule has 4 heterocycles. The number of para-hydroxylation sites is 1. The lowest BCUT2D eigenvalue weighted by molar-refractivity contribution is -0.163. The SMILES string of the molecule is C/C(=C\C(=O)N[C@H]1CCc2cccc3c2N(C1=O)[C@H](C(=O)N[C@@H](CCC(N)=O)[C@@H](C)OCc1ccc(CCCOCCOCCOCCOCC(=O)N[C@H](C(=O)N2C[C@H](O)C[C@H]2C(=O)NCc2ccc(-c4scnc4C)cc2)C(C)(C)C)cc1)C3)c1ccc(C(F)(F)P(=O)(OCOC(=O)C(C)(C)C)OCOC(=O)C(C)(C)C)cc1. The molecule has 0 saturated carbocycles. The Labute approximate surface area is 668 Å². The topological polar surface area (TPSA) is 368 Å². The molecule has 0 radical (unpaired) electrons. The maximum atomic E-state index is 16.3. The minimum Gasteiger partial charge on any atom is -0.438 e. The maximum Gasteiger partial charge on any atom is 0.410 e. The molecule has 0 unspecified atom stereocenters. The van der Waals surface area contributed by atoms with Gasteiger partial charge in [-0.2, -0.15) is 8.78 Å². The van der Waals surface area contributed by atoms with Gasteiger partial charge >= 0.3 is 25.2 Å². The van der Waals surface area contributed by atoms with Crippen molar-refractivity contribution < 1.29 is 104 Å². The summed E-state index contributed by atoms with van der Waals surface area (Å²) in [5.74, 6) is -5.40. The molecule has 3 aliphatic rings. The second kappa shape index (κ2) is 41.2. The van der Waals surface area contributed by atoms with E-state index in [1.807, 2.05) is 94.4 Å². The van der Waals surface area contributed by atoms with Gasteiger partial charge in [-0.05, 0) is 144 Å². The third kappa shape index (κ3) is 25.6. The van der Waals surface area contributed by atoms with E-state index in [1.54, 1.807) is 30.7 Å². The van der Waals surface area contributed by atoms with Gasteiger partial charge in [-0.3, -0.25) is 61.7 Å². The molecule has 28 nitrogen and oxygen atoms in total. The quantitative estimate of drug-likeness (QED) is 0.00697. The second-order valence-electron chi connectivity index (χ2n) is 31.6. The van der Waals surface area contributed by atoms with Crippen molar-refractivity contribution in [1.82, 2.24) is 31.2 Å². The number of amides is 7. The molecular weight excluding hydrogens is 1520 g/mol. The average molecular weight is 1630 g/mol. The Hall–Kier alpha value is -8.75. The lowest BCUT2D eigenvalue weighted by atomic mass is 9.85. The highest BCUT2D eigenvalue weighted by molar-refractivity contribution is 7.54. The summed E-state index contributed by atoms with van der Waals surface area (Å²) in [6.45, 7) is 19.6. The molecule has 4 aromatic carbocycles. The van der Waals surface area contributed by atoms with Gasteiger partial charge in [0.25, 0.3) is 0 Å². The molecule has 622 valence electrons. The van der Waals surface area contributed by atoms with Crippen LogP contribution in [0.3, 0.4) is 0 Å². The van der Waals surface area contributed by atoms with E-state index < -0.39 is 144 Å². The largest absolute Gasteiger partial charge is 0.438 e. The van der Waals surface area contributed by atoms with Gasteiger partial charge in [-0.1, -0.05) is 112 Å². The summed E-state index contributed by atoms with van der Waals surface area (Å²) in [7, 11) is -5.62. The number of thiazole rings is 1. The van der Waals surface area contributed by atoms with Crippen molar-refractivity contribution in [3.05, 3.63) is 147 Å². The van der Waals surface area contributed by atoms with Gasteiger partial charge in [-0.25, -0.2) is 4.98 Å². The molecule has 1 aromatic heterocycles. The fourth-order valence-electron chi connectivity index (χ4n) is 12.8. The number of carbonyl (C=O) groups is 9. The zero-order valence-corrected chi connectivity index (χ0v) is 68.7. The number of aliphatic hydroxyl groups excluding tert-OH is 1. The van der Waals surface area contributed by atoms with Gasteiger partial charge in [-0.15, -0.1) is 11.3 Å². The smallest absolute Gasteiger partial charge is 0.410 e. The van der Waals surface area contributed by atoms with Crippen LogP contribution in [0.25, 0.3) is 16.0 Å². The number of carbonyl (C=O) groups excluding carboxylic acids is 9. The van der Waals surface area contributed by atoms with Crippen LogP contribution in [0.4, 0.5) is 14.5 Å². The zero-order valence-electron chi connectivity index (χ0n) is 66.9. The van der Waals surface area contributed by atoms with Gasteiger partial charge in [0.2, 0.25) is 54.9 Å². The molecule has 0 aliphatic carbocycles. The Kier molecular flexibility index (Phi) is 32.8. The Balaban J connectivity index is 0.723. The van der Waals surface area contributed by atoms with Crippen LogP contribution in [0.5, 0.6) is 0 Å². The number of hydrogen-bond donors (Lipinski definition) is 6. The van der Waals surface area contributed by atoms with Crippen LogP contribution in [0.2, 0.25) is 0 Å². The summed E-state index contributed by atoms with van der Waals surface area (Å²) in [5.41, 5.74) is 6.79. The number of halogens is 2. The van der Waals surface area contributed by atoms with Gasteiger partial charge in [0.15, 0.2) is 0 Å². The van der Waals surface area contributed by atoms with Crippen molar-refractivity contribution in [3.63, 3.8) is 0 Å². The van der Waals surface area contributed by atoms with Crippen LogP contribution in [0.1, 0.15) is 153 Å². The monoisotopic (exact) mass is 1630 g/mol. The summed E-state index contributed by atoms with van der Waals surface area (Å²) in [5, 5.41) is 22.2. The van der Waals surface area contributed by atoms with Gasteiger partial charge in [0, 0.05) is 50.6 Å². The lowest BCUT2D eigenvalue weighted by Gasteiger charge is -2.35. The van der Waals surface area contributed by atoms with Crippen molar-refractivity contribution in [2.75, 3.05) is 77.9 Å². The van der Waals surface area contributed by atoms with Crippen LogP contribution < -0.4 is 31.9 Å². The van der Waals surface area contributed by atoms with E-state index in [2.05, 4.69) is 26.3 Å². The number of aryl methyl sites for hydroxylation is 3. The Morgan fingerprint density at radius 3 is 1.92 bits per heavy atom. The highest BCUT2D eigenvalue weighted by atomic mass is 32.1. The number of rotatable bonds is 41. The lowest BCUT2D eigenvalue weighted by Crippen LogP contribution is -2.58. The highest BCUT2D eigenvalue weighted by Crippen LogP contribution is 2.67. The highest BCUT2D eigenvalue weighted by Gasteiger charge is 2.56. The molecule has 7 amide bonds. The van der Waals surface area contributed by atoms with Crippen LogP contribution in [0.15, 0.2) is 103 Å². The zero-order chi connectivity index (χ0) is 83.3. The number of esters is 2. The summed E-state index contributed by atoms with van der Waals surface area (Å²) in [6, 6.07) is 20.8. The van der Waals surface area contributed by atoms with Crippen LogP contribution in [-0.2, 0) is 128 Å². The fraction of sp³-hybridized carbons (Fsp3) is 0.537. The van der Waals surface area contributed by atoms with E-state index in [9.17, 15) is 52.8 Å². The van der Waals surface area contributed by atoms with E-state index >= 15 is 8.78 Å². The van der Waals surface area contributed by atoms with Crippen molar-refractivity contribution >= 4 is 83.5 Å². The van der Waals surface area contributed by atoms with E-state index in [0.717, 1.165) is 68.9 Å². The molecular formula is C82H109F2N8O20PS. The average Bonchev–Trinajstić information content (AvgIpc) is 1.66. The number of aliphatic hydroxyl groups is 1. The van der Waals surface area contributed by atoms with E-state index in [4.69, 9.17) is 47.9 Å². The summed E-state index contributed by atoms with van der Waals surface area (Å²) in [4.78, 5) is 129. The molecule has 1 fully saturated rings. The first-order chi connectivity index (χ1) is 53.8. The third-order valence-corrected chi connectivity index (χ3v) is 22.2. The van der Waals surface area contributed by atoms with Crippen LogP contribution >= 0.6 is 18.9 Å². The number of hydrogen-bond acceptors (Lipinski definition) is 22. The first kappa shape index (κ1) is 90.8. The maximum absolute atomic E-state index is 16.3. The molecule has 114 heavy (non-hydrogen) atoms. The molecule has 1 saturated heterocycles. The second-order valence-corrected chi connectivity index (χ2v) is 34.6. The van der Waals surface area contributed by atoms with Gasteiger partial charge < -0.3 is 70.2 Å². The summed E-state index contributed by atoms with van der Waals surface area (Å²) >= 11 is 1.55. The van der Waals surface area contributed by atoms with Crippen LogP contribution in [-0.4, -0.2) is 184 Å². The minimum atomic E-state index is -5.62. The molecule has 3 aliphatic heterocycles. The third-order valence-electron chi connectivity index (χ3n) is 19.4. The van der Waals surface area contributed by atoms with E-state index in [-0.39, 0.29) is 89.4 Å². The number of primary amides is 1. The number of likely N-dealkylation sites (tertiary alicyclic amines) is 1. The predicted molar refractivity (Wildman–Crippen MR) is 421 cm³/mol. The van der Waals surface area contributed by atoms with Crippen molar-refractivity contribution in [2.24, 2.45) is 22.0 Å². The minimum absolute atomic E-state index is 0.0485. The fourth-order valence-corrected chi connectivity index (χ4v) is 14.9. The first-order valence-corrected chi connectivity index (χ1v) is 40.6. The number of benzene rings is 4. The van der Waals surface area contributed by atoms with Crippen LogP contribution in [0, 0.1) is 23.2 Å². The summed E-state index contributed by atoms with van der Waals surface area (Å²) < 4.78 is 95.3. The molecule has 5 aromatic rings. The molecule has 7 N–H and O–H groups in total. The molecule has 0 spiro atoms. The van der Waals surface area contributed by atoms with Gasteiger partial charge in [0.1, 0.15) is 30.8 Å². The summed E-state index contributed by atoms with van der Waals surface area (Å²) in [6.07, 6.45) is 1.98. The Morgan fingerprint density at radius 1 is 0.746 bits per heavy atom. The number of ether oxygens (including phenoxy) is 7. The number of nitrogens with two attached hydrogens (primary N) is 1. The number of allylic oxidation sites excluding steroid dienone is 1. The number of β-amino-alcohol motifs (C(OH)–C–C–N with tert-alkyl or cyclic N) is 1. The molecule has 7 atom stereocenters. The molecule has 0 bridgehead atoms. The Morgan fingerprint density at radius 2 is 1.33 bits per heavy atom. The number of nitrogens with zero attached hydrogens (tertiary/aromatic N) is 3. The number of anilines is 1. The van der Waals surface area contributed by atoms with E-state index in [0.29, 0.717) is 38.5 Å². The number of alkyl halides is 2. The first-order valence-electron chi connectivity index (χ1n) is 38.1. The predicted octanol–water partition coefficient (Wildman–Crippen LogP) is 9.44. The molecule has 8 rings (SSSR count). The van der Waals surface area contributed by atoms with Gasteiger partial charge in [0.05, 0.1) is 97.1 Å². The normalized spacial score (nSPS) is 17.5. The van der Waals surface area contributed by atoms with Crippen molar-refractivity contribution in [1.29, 1.82) is 0 Å². The number of nitrogens with one attached hydrogen (secondary N) is 4. The van der Waals surface area contributed by atoms with E-state index in [1.165, 1.54) is 69.6 Å². The Bertz CT molecular complexity index is 4180. The molecule has 32 heteroatoms. The standard InChI is InChI=1S/C82H109F2N8O20PS/c1-51(57-26-29-61(30-27-57)82(83,84)113(103,111-49-109-77(101)80(7,8)9)112-50-110-78(102)81(10,11)12)41-68(95)88-64-31-28-58-16-13-17-60-42-66(92(70(58)60)75(64)99)74(98)89-63(32-33-67(85)94)53(3)108-46-56-20-18-54(19-21-56)15-14-34-104-35-36-105-37-38-106-39-40-107-47-69(96)90-72(79(4,5)6)76(100)91-45-62(93)43-65(91)73(97)86-44-55-22-24-59(25-23-55)71-52(2)87-48-114-71/h13,16-27,29-30,41,48,53,62-66,72,93H,14-15,28,31-40,42-47,49-50H2,1-12H3,(H2,85,94)(H,86,97)(H,88,95)(H,89,98)(H,90,96)/b51-41+/t53-,62-,63+,64+,65+,66+,72-/m1/s1. The number of aromatic nitrogens is 1. The van der Waals surface area contributed by atoms with Crippen molar-refractivity contribution in [2.45, 2.75) is 196 Å². The van der Waals surface area contributed by atoms with Crippen molar-refractivity contribution in [3.8, 4) is 10.4 Å².